The average Bonchev–Trinajstić information content (AvgIpc) is 2.67. The first-order chi connectivity index (χ1) is 8.21. The third kappa shape index (κ3) is 1.73. The molecule has 1 saturated heterocycles. The number of furan rings is 1. The first kappa shape index (κ1) is 11.0. The second-order valence-electron chi connectivity index (χ2n) is 5.37. The number of hydrogen-bond acceptors (Lipinski definition) is 3. The van der Waals surface area contributed by atoms with E-state index in [1.54, 1.807) is 0 Å². The van der Waals surface area contributed by atoms with Crippen molar-refractivity contribution in [2.24, 2.45) is 5.92 Å². The van der Waals surface area contributed by atoms with E-state index in [1.165, 1.54) is 0 Å². The van der Waals surface area contributed by atoms with Gasteiger partial charge in [0.25, 0.3) is 0 Å². The normalized spacial score (nSPS) is 24.6. The average molecular weight is 234 g/mol. The van der Waals surface area contributed by atoms with Gasteiger partial charge in [0.1, 0.15) is 17.3 Å². The Labute approximate surface area is 101 Å². The van der Waals surface area contributed by atoms with Crippen molar-refractivity contribution in [2.75, 3.05) is 13.2 Å². The van der Waals surface area contributed by atoms with E-state index in [-0.39, 0.29) is 5.41 Å². The molecule has 0 amide bonds. The lowest BCUT2D eigenvalue weighted by Crippen LogP contribution is -2.53. The van der Waals surface area contributed by atoms with Crippen molar-refractivity contribution in [1.82, 2.24) is 0 Å². The molecule has 2 aliphatic rings. The number of aryl methyl sites for hydroxylation is 1. The SMILES string of the molecule is Cc1ccc(C2(C3CCC(=O)CC3)COC2)o1. The van der Waals surface area contributed by atoms with Crippen molar-refractivity contribution in [1.29, 1.82) is 0 Å². The van der Waals surface area contributed by atoms with Gasteiger partial charge in [-0.25, -0.2) is 0 Å². The van der Waals surface area contributed by atoms with Gasteiger partial charge in [-0.05, 0) is 37.8 Å². The Kier molecular flexibility index (Phi) is 2.58. The quantitative estimate of drug-likeness (QED) is 0.789. The van der Waals surface area contributed by atoms with E-state index in [2.05, 4.69) is 6.07 Å². The summed E-state index contributed by atoms with van der Waals surface area (Å²) < 4.78 is 11.2. The van der Waals surface area contributed by atoms with Crippen molar-refractivity contribution in [3.63, 3.8) is 0 Å². The lowest BCUT2D eigenvalue weighted by Gasteiger charge is -2.47. The zero-order valence-corrected chi connectivity index (χ0v) is 10.2. The molecule has 0 spiro atoms. The number of ether oxygens (including phenoxy) is 1. The largest absolute Gasteiger partial charge is 0.466 e. The van der Waals surface area contributed by atoms with Gasteiger partial charge in [-0.15, -0.1) is 0 Å². The van der Waals surface area contributed by atoms with Crippen LogP contribution in [0, 0.1) is 12.8 Å². The topological polar surface area (TPSA) is 39.4 Å². The molecule has 2 heterocycles. The van der Waals surface area contributed by atoms with Gasteiger partial charge in [0.15, 0.2) is 0 Å². The molecule has 0 bridgehead atoms. The molecule has 1 saturated carbocycles. The summed E-state index contributed by atoms with van der Waals surface area (Å²) in [5.74, 6) is 2.96. The molecule has 1 aliphatic carbocycles. The molecule has 0 aromatic carbocycles. The summed E-state index contributed by atoms with van der Waals surface area (Å²) in [6.45, 7) is 3.47. The Balaban J connectivity index is 1.84. The van der Waals surface area contributed by atoms with Gasteiger partial charge < -0.3 is 9.15 Å². The Bertz CT molecular complexity index is 418. The summed E-state index contributed by atoms with van der Waals surface area (Å²) >= 11 is 0. The van der Waals surface area contributed by atoms with Crippen LogP contribution in [0.25, 0.3) is 0 Å². The Hall–Kier alpha value is -1.09. The summed E-state index contributed by atoms with van der Waals surface area (Å²) in [6.07, 6.45) is 3.43. The van der Waals surface area contributed by atoms with E-state index in [9.17, 15) is 4.79 Å². The van der Waals surface area contributed by atoms with E-state index < -0.39 is 0 Å². The fourth-order valence-corrected chi connectivity index (χ4v) is 3.10. The zero-order chi connectivity index (χ0) is 11.9. The minimum Gasteiger partial charge on any atom is -0.466 e. The summed E-state index contributed by atoms with van der Waals surface area (Å²) in [6, 6.07) is 4.09. The van der Waals surface area contributed by atoms with E-state index in [1.807, 2.05) is 13.0 Å². The van der Waals surface area contributed by atoms with Crippen LogP contribution in [0.2, 0.25) is 0 Å². The predicted octanol–water partition coefficient (Wildman–Crippen LogP) is 2.62. The highest BCUT2D eigenvalue weighted by molar-refractivity contribution is 5.79. The summed E-state index contributed by atoms with van der Waals surface area (Å²) in [4.78, 5) is 11.3. The number of rotatable bonds is 2. The second-order valence-corrected chi connectivity index (χ2v) is 5.37. The molecule has 0 radical (unpaired) electrons. The minimum absolute atomic E-state index is 0.0506. The van der Waals surface area contributed by atoms with Crippen molar-refractivity contribution in [3.8, 4) is 0 Å². The number of ketones is 1. The Morgan fingerprint density at radius 1 is 1.24 bits per heavy atom. The van der Waals surface area contributed by atoms with Crippen LogP contribution in [-0.4, -0.2) is 19.0 Å². The molecule has 0 unspecified atom stereocenters. The van der Waals surface area contributed by atoms with Crippen LogP contribution < -0.4 is 0 Å². The maximum atomic E-state index is 11.3. The number of hydrogen-bond donors (Lipinski definition) is 0. The molecule has 3 nitrogen and oxygen atoms in total. The van der Waals surface area contributed by atoms with Crippen molar-refractivity contribution in [2.45, 2.75) is 38.0 Å². The van der Waals surface area contributed by atoms with Gasteiger partial charge in [0.2, 0.25) is 0 Å². The monoisotopic (exact) mass is 234 g/mol. The molecule has 0 atom stereocenters. The van der Waals surface area contributed by atoms with Crippen molar-refractivity contribution in [3.05, 3.63) is 23.7 Å². The smallest absolute Gasteiger partial charge is 0.132 e. The van der Waals surface area contributed by atoms with Crippen LogP contribution in [-0.2, 0) is 14.9 Å². The summed E-state index contributed by atoms with van der Waals surface area (Å²) in [5, 5.41) is 0. The highest BCUT2D eigenvalue weighted by Gasteiger charge is 2.49. The molecule has 17 heavy (non-hydrogen) atoms. The van der Waals surface area contributed by atoms with Gasteiger partial charge >= 0.3 is 0 Å². The summed E-state index contributed by atoms with van der Waals surface area (Å²) in [5.41, 5.74) is 0.0506. The number of carbonyl (C=O) groups is 1. The molecule has 1 aliphatic heterocycles. The maximum absolute atomic E-state index is 11.3. The third-order valence-corrected chi connectivity index (χ3v) is 4.28. The van der Waals surface area contributed by atoms with Crippen LogP contribution in [0.4, 0.5) is 0 Å². The molecule has 92 valence electrons. The van der Waals surface area contributed by atoms with Crippen molar-refractivity contribution < 1.29 is 13.9 Å². The highest BCUT2D eigenvalue weighted by atomic mass is 16.5. The lowest BCUT2D eigenvalue weighted by atomic mass is 9.66. The number of Topliss-reactive ketones (excluding diaryl/α,β-unsaturated/α-hetero) is 1. The first-order valence-electron chi connectivity index (χ1n) is 6.37. The minimum atomic E-state index is 0.0506. The zero-order valence-electron chi connectivity index (χ0n) is 10.2. The van der Waals surface area contributed by atoms with E-state index >= 15 is 0 Å². The molecular formula is C14H18O3. The van der Waals surface area contributed by atoms with Gasteiger partial charge in [0, 0.05) is 12.8 Å². The van der Waals surface area contributed by atoms with Crippen LogP contribution in [0.5, 0.6) is 0 Å². The van der Waals surface area contributed by atoms with Crippen LogP contribution in [0.15, 0.2) is 16.5 Å². The van der Waals surface area contributed by atoms with E-state index in [4.69, 9.17) is 9.15 Å². The Morgan fingerprint density at radius 3 is 2.41 bits per heavy atom. The van der Waals surface area contributed by atoms with Gasteiger partial charge in [-0.1, -0.05) is 0 Å². The van der Waals surface area contributed by atoms with E-state index in [0.29, 0.717) is 11.7 Å². The predicted molar refractivity (Wildman–Crippen MR) is 62.9 cm³/mol. The molecule has 0 N–H and O–H groups in total. The molecular weight excluding hydrogens is 216 g/mol. The van der Waals surface area contributed by atoms with Gasteiger partial charge in [-0.2, -0.15) is 0 Å². The van der Waals surface area contributed by atoms with Crippen molar-refractivity contribution >= 4 is 5.78 Å². The van der Waals surface area contributed by atoms with Crippen LogP contribution >= 0.6 is 0 Å². The molecule has 3 rings (SSSR count). The van der Waals surface area contributed by atoms with E-state index in [0.717, 1.165) is 50.4 Å². The van der Waals surface area contributed by atoms with Crippen LogP contribution in [0.1, 0.15) is 37.2 Å². The first-order valence-corrected chi connectivity index (χ1v) is 6.37. The Morgan fingerprint density at radius 2 is 1.94 bits per heavy atom. The molecule has 2 fully saturated rings. The fraction of sp³-hybridized carbons (Fsp3) is 0.643. The lowest BCUT2D eigenvalue weighted by molar-refractivity contribution is -0.129. The number of carbonyl (C=O) groups excluding carboxylic acids is 1. The standard InChI is InChI=1S/C14H18O3/c1-10-2-7-13(17-10)14(8-16-9-14)11-3-5-12(15)6-4-11/h2,7,11H,3-6,8-9H2,1H3. The molecule has 1 aromatic rings. The van der Waals surface area contributed by atoms with Crippen LogP contribution in [0.3, 0.4) is 0 Å². The van der Waals surface area contributed by atoms with Gasteiger partial charge in [0.05, 0.1) is 18.6 Å². The third-order valence-electron chi connectivity index (χ3n) is 4.28. The van der Waals surface area contributed by atoms with Gasteiger partial charge in [-0.3, -0.25) is 4.79 Å². The molecule has 1 aromatic heterocycles. The maximum Gasteiger partial charge on any atom is 0.132 e. The fourth-order valence-electron chi connectivity index (χ4n) is 3.10. The highest BCUT2D eigenvalue weighted by Crippen LogP contribution is 2.45. The molecule has 3 heteroatoms. The summed E-state index contributed by atoms with van der Waals surface area (Å²) in [7, 11) is 0. The second kappa shape index (κ2) is 3.98.